The van der Waals surface area contributed by atoms with E-state index in [1.165, 1.54) is 0 Å². The number of ketones is 1. The zero-order valence-corrected chi connectivity index (χ0v) is 7.64. The summed E-state index contributed by atoms with van der Waals surface area (Å²) in [6.07, 6.45) is -0.748. The number of hydrogen-bond donors (Lipinski definition) is 0. The fraction of sp³-hybridized carbons (Fsp3) is 0.889. The maximum Gasteiger partial charge on any atom is 0.150 e. The molecule has 1 aliphatic heterocycles. The molecule has 0 saturated carbocycles. The van der Waals surface area contributed by atoms with Crippen LogP contribution in [0.15, 0.2) is 0 Å². The standard InChI is InChI=1S/C9H17NO/c1-7-8(11)5-6-10(7)9(2,3)4/h7H,5-6H2,1-4H3/i5D,7D. The van der Waals surface area contributed by atoms with Gasteiger partial charge in [0.25, 0.3) is 0 Å². The Bertz CT molecular complexity index is 232. The van der Waals surface area contributed by atoms with Gasteiger partial charge in [-0.1, -0.05) is 0 Å². The van der Waals surface area contributed by atoms with Gasteiger partial charge in [-0.05, 0) is 27.7 Å². The average Bonchev–Trinajstić information content (AvgIpc) is 2.12. The quantitative estimate of drug-likeness (QED) is 0.530. The second-order valence-electron chi connectivity index (χ2n) is 3.94. The third-order valence-electron chi connectivity index (χ3n) is 2.03. The van der Waals surface area contributed by atoms with Crippen molar-refractivity contribution < 1.29 is 7.54 Å². The minimum atomic E-state index is -1.22. The van der Waals surface area contributed by atoms with Crippen LogP contribution in [-0.2, 0) is 4.79 Å². The van der Waals surface area contributed by atoms with Crippen LogP contribution in [0.25, 0.3) is 0 Å². The van der Waals surface area contributed by atoms with Crippen molar-refractivity contribution in [2.45, 2.75) is 45.6 Å². The first kappa shape index (κ1) is 6.18. The number of rotatable bonds is 0. The van der Waals surface area contributed by atoms with Crippen LogP contribution in [-0.4, -0.2) is 28.8 Å². The van der Waals surface area contributed by atoms with E-state index >= 15 is 0 Å². The Labute approximate surface area is 71.4 Å². The zero-order chi connectivity index (χ0) is 10.4. The molecule has 0 aromatic heterocycles. The average molecular weight is 157 g/mol. The molecule has 11 heavy (non-hydrogen) atoms. The molecule has 64 valence electrons. The van der Waals surface area contributed by atoms with Crippen LogP contribution in [0.5, 0.6) is 0 Å². The minimum Gasteiger partial charge on any atom is -0.298 e. The van der Waals surface area contributed by atoms with Gasteiger partial charge in [-0.15, -0.1) is 0 Å². The molecule has 0 amide bonds. The smallest absolute Gasteiger partial charge is 0.150 e. The van der Waals surface area contributed by atoms with Crippen LogP contribution >= 0.6 is 0 Å². The number of nitrogens with zero attached hydrogens (tertiary/aromatic N) is 1. The molecule has 1 rings (SSSR count). The van der Waals surface area contributed by atoms with Crippen LogP contribution in [0.2, 0.25) is 0 Å². The maximum absolute atomic E-state index is 11.5. The summed E-state index contributed by atoms with van der Waals surface area (Å²) in [4.78, 5) is 13.2. The van der Waals surface area contributed by atoms with E-state index in [2.05, 4.69) is 0 Å². The molecule has 1 aliphatic rings. The lowest BCUT2D eigenvalue weighted by Gasteiger charge is -2.34. The van der Waals surface area contributed by atoms with E-state index in [1.807, 2.05) is 20.8 Å². The van der Waals surface area contributed by atoms with Crippen LogP contribution < -0.4 is 0 Å². The third-order valence-corrected chi connectivity index (χ3v) is 2.03. The van der Waals surface area contributed by atoms with Gasteiger partial charge in [0.2, 0.25) is 0 Å². The summed E-state index contributed by atoms with van der Waals surface area (Å²) in [5.74, 6) is -0.289. The second-order valence-corrected chi connectivity index (χ2v) is 3.94. The third kappa shape index (κ3) is 1.62. The Kier molecular flexibility index (Phi) is 1.46. The monoisotopic (exact) mass is 157 g/mol. The van der Waals surface area contributed by atoms with Crippen molar-refractivity contribution in [3.05, 3.63) is 0 Å². The molecule has 0 N–H and O–H groups in total. The van der Waals surface area contributed by atoms with Crippen LogP contribution in [0.1, 0.15) is 36.8 Å². The van der Waals surface area contributed by atoms with Crippen molar-refractivity contribution in [3.8, 4) is 0 Å². The summed E-state index contributed by atoms with van der Waals surface area (Å²) in [6.45, 7) is 7.85. The van der Waals surface area contributed by atoms with E-state index in [9.17, 15) is 4.79 Å². The maximum atomic E-state index is 11.5. The Hall–Kier alpha value is -0.370. The summed E-state index contributed by atoms with van der Waals surface area (Å²) in [5, 5.41) is 0. The van der Waals surface area contributed by atoms with Crippen LogP contribution in [0, 0.1) is 0 Å². The first-order valence-electron chi connectivity index (χ1n) is 4.99. The molecule has 0 aromatic rings. The lowest BCUT2D eigenvalue weighted by Crippen LogP contribution is -2.44. The van der Waals surface area contributed by atoms with Gasteiger partial charge in [-0.3, -0.25) is 9.69 Å². The van der Waals surface area contributed by atoms with Crippen molar-refractivity contribution >= 4 is 5.78 Å². The highest BCUT2D eigenvalue weighted by molar-refractivity contribution is 5.85. The number of likely N-dealkylation sites (tertiary alicyclic amines) is 1. The SMILES string of the molecule is [2H]C1CN(C(C)(C)C)C([2H])(C)C1=O. The number of carbonyl (C=O) groups is 1. The minimum absolute atomic E-state index is 0.220. The summed E-state index contributed by atoms with van der Waals surface area (Å²) in [7, 11) is 0. The van der Waals surface area contributed by atoms with Gasteiger partial charge in [0, 0.05) is 19.9 Å². The molecule has 2 nitrogen and oxygen atoms in total. The molecule has 1 heterocycles. The number of hydrogen-bond acceptors (Lipinski definition) is 2. The molecule has 0 bridgehead atoms. The zero-order valence-electron chi connectivity index (χ0n) is 9.64. The van der Waals surface area contributed by atoms with E-state index < -0.39 is 12.4 Å². The lowest BCUT2D eigenvalue weighted by molar-refractivity contribution is -0.120. The summed E-state index contributed by atoms with van der Waals surface area (Å²) >= 11 is 0. The highest BCUT2D eigenvalue weighted by atomic mass is 16.1. The topological polar surface area (TPSA) is 20.3 Å². The van der Waals surface area contributed by atoms with Gasteiger partial charge in [0.15, 0.2) is 5.78 Å². The Morgan fingerprint density at radius 2 is 2.27 bits per heavy atom. The summed E-state index contributed by atoms with van der Waals surface area (Å²) in [5.41, 5.74) is -0.220. The van der Waals surface area contributed by atoms with E-state index in [0.29, 0.717) is 6.54 Å². The van der Waals surface area contributed by atoms with Gasteiger partial charge in [-0.2, -0.15) is 0 Å². The predicted octanol–water partition coefficient (Wildman–Crippen LogP) is 1.45. The van der Waals surface area contributed by atoms with Gasteiger partial charge < -0.3 is 0 Å². The molecular weight excluding hydrogens is 138 g/mol. The fourth-order valence-electron chi connectivity index (χ4n) is 1.37. The fourth-order valence-corrected chi connectivity index (χ4v) is 1.37. The van der Waals surface area contributed by atoms with Gasteiger partial charge in [0.05, 0.1) is 7.39 Å². The normalized spacial score (nSPS) is 44.0. The highest BCUT2D eigenvalue weighted by Crippen LogP contribution is 2.23. The van der Waals surface area contributed by atoms with Crippen LogP contribution in [0.3, 0.4) is 0 Å². The van der Waals surface area contributed by atoms with Crippen molar-refractivity contribution in [3.63, 3.8) is 0 Å². The molecule has 0 spiro atoms. The van der Waals surface area contributed by atoms with E-state index in [4.69, 9.17) is 2.74 Å². The van der Waals surface area contributed by atoms with Gasteiger partial charge >= 0.3 is 0 Å². The molecule has 1 saturated heterocycles. The van der Waals surface area contributed by atoms with E-state index in [-0.39, 0.29) is 11.3 Å². The first-order valence-corrected chi connectivity index (χ1v) is 3.91. The molecule has 0 aromatic carbocycles. The largest absolute Gasteiger partial charge is 0.298 e. The molecule has 2 unspecified atom stereocenters. The second kappa shape index (κ2) is 2.59. The molecule has 2 atom stereocenters. The van der Waals surface area contributed by atoms with Gasteiger partial charge in [0.1, 0.15) is 0 Å². The van der Waals surface area contributed by atoms with Crippen LogP contribution in [0.4, 0.5) is 0 Å². The van der Waals surface area contributed by atoms with Crippen molar-refractivity contribution in [2.24, 2.45) is 0 Å². The van der Waals surface area contributed by atoms with Gasteiger partial charge in [-0.25, -0.2) is 0 Å². The van der Waals surface area contributed by atoms with Crippen molar-refractivity contribution in [2.75, 3.05) is 6.54 Å². The molecule has 1 fully saturated rings. The molecule has 0 aliphatic carbocycles. The predicted molar refractivity (Wildman–Crippen MR) is 45.5 cm³/mol. The summed E-state index contributed by atoms with van der Waals surface area (Å²) < 4.78 is 15.4. The number of carbonyl (C=O) groups excluding carboxylic acids is 1. The van der Waals surface area contributed by atoms with Crippen molar-refractivity contribution in [1.82, 2.24) is 4.90 Å². The lowest BCUT2D eigenvalue weighted by atomic mass is 10.1. The summed E-state index contributed by atoms with van der Waals surface area (Å²) in [6, 6.07) is -1.22. The van der Waals surface area contributed by atoms with E-state index in [1.54, 1.807) is 11.8 Å². The Balaban J connectivity index is 2.98. The van der Waals surface area contributed by atoms with E-state index in [0.717, 1.165) is 0 Å². The molecule has 2 heteroatoms. The highest BCUT2D eigenvalue weighted by Gasteiger charge is 2.35. The molecular formula is C9H17NO. The Morgan fingerprint density at radius 3 is 2.45 bits per heavy atom. The molecule has 0 radical (unpaired) electrons. The first-order chi connectivity index (χ1) is 5.67. The Morgan fingerprint density at radius 1 is 1.73 bits per heavy atom. The number of Topliss-reactive ketones (excluding diaryl/α,β-unsaturated/α-hetero) is 1. The van der Waals surface area contributed by atoms with Crippen molar-refractivity contribution in [1.29, 1.82) is 0 Å².